The second-order valence-corrected chi connectivity index (χ2v) is 3.27. The maximum Gasteiger partial charge on any atom is 0.392 e. The van der Waals surface area contributed by atoms with Gasteiger partial charge in [-0.05, 0) is 13.0 Å². The quantitative estimate of drug-likeness (QED) is 0.656. The van der Waals surface area contributed by atoms with Crippen LogP contribution in [0.5, 0.6) is 0 Å². The Labute approximate surface area is 79.6 Å². The lowest BCUT2D eigenvalue weighted by Crippen LogP contribution is -2.47. The van der Waals surface area contributed by atoms with Gasteiger partial charge in [0.1, 0.15) is 0 Å². The summed E-state index contributed by atoms with van der Waals surface area (Å²) in [6.45, 7) is 0.328. The molecule has 0 amide bonds. The van der Waals surface area contributed by atoms with E-state index in [1.807, 2.05) is 0 Å². The van der Waals surface area contributed by atoms with E-state index in [1.165, 1.54) is 0 Å². The number of methoxy groups -OCH3 is 1. The van der Waals surface area contributed by atoms with Gasteiger partial charge in [-0.25, -0.2) is 0 Å². The van der Waals surface area contributed by atoms with Crippen molar-refractivity contribution < 1.29 is 22.7 Å². The first kappa shape index (κ1) is 11.3. The first-order valence-corrected chi connectivity index (χ1v) is 4.32. The average molecular weight is 211 g/mol. The van der Waals surface area contributed by atoms with E-state index in [4.69, 9.17) is 0 Å². The minimum absolute atomic E-state index is 0.0385. The van der Waals surface area contributed by atoms with Crippen molar-refractivity contribution in [2.75, 3.05) is 20.2 Å². The van der Waals surface area contributed by atoms with Crippen molar-refractivity contribution in [2.45, 2.75) is 12.6 Å². The van der Waals surface area contributed by atoms with Crippen molar-refractivity contribution in [2.24, 2.45) is 11.8 Å². The zero-order valence-electron chi connectivity index (χ0n) is 7.73. The molecule has 1 rings (SSSR count). The van der Waals surface area contributed by atoms with Crippen molar-refractivity contribution in [1.82, 2.24) is 5.32 Å². The van der Waals surface area contributed by atoms with Gasteiger partial charge in [-0.15, -0.1) is 0 Å². The predicted molar refractivity (Wildman–Crippen MR) is 42.5 cm³/mol. The van der Waals surface area contributed by atoms with Crippen molar-refractivity contribution in [1.29, 1.82) is 0 Å². The maximum absolute atomic E-state index is 12.5. The standard InChI is InChI=1S/C8H12F3NO2/c1-14-7(13)5-4-12-3-2-6(5)8(9,10)11/h5-6,12H,2-4H2,1H3. The zero-order chi connectivity index (χ0) is 10.8. The van der Waals surface area contributed by atoms with Gasteiger partial charge in [0.15, 0.2) is 0 Å². The number of alkyl halides is 3. The zero-order valence-corrected chi connectivity index (χ0v) is 7.73. The number of ether oxygens (including phenoxy) is 1. The van der Waals surface area contributed by atoms with Gasteiger partial charge in [-0.1, -0.05) is 0 Å². The minimum Gasteiger partial charge on any atom is -0.469 e. The predicted octanol–water partition coefficient (Wildman–Crippen LogP) is 0.947. The summed E-state index contributed by atoms with van der Waals surface area (Å²) in [6, 6.07) is 0. The lowest BCUT2D eigenvalue weighted by atomic mass is 9.86. The highest BCUT2D eigenvalue weighted by atomic mass is 19.4. The van der Waals surface area contributed by atoms with Crippen LogP contribution in [-0.4, -0.2) is 32.3 Å². The molecule has 1 aliphatic rings. The number of carbonyl (C=O) groups excluding carboxylic acids is 1. The van der Waals surface area contributed by atoms with Crippen LogP contribution in [0.2, 0.25) is 0 Å². The molecular weight excluding hydrogens is 199 g/mol. The van der Waals surface area contributed by atoms with Gasteiger partial charge in [0.2, 0.25) is 0 Å². The molecule has 0 aromatic heterocycles. The number of esters is 1. The summed E-state index contributed by atoms with van der Waals surface area (Å²) in [7, 11) is 1.10. The highest BCUT2D eigenvalue weighted by Gasteiger charge is 2.48. The normalized spacial score (nSPS) is 28.6. The maximum atomic E-state index is 12.5. The molecule has 6 heteroatoms. The molecule has 0 bridgehead atoms. The van der Waals surface area contributed by atoms with Crippen molar-refractivity contribution in [3.05, 3.63) is 0 Å². The Morgan fingerprint density at radius 3 is 2.64 bits per heavy atom. The summed E-state index contributed by atoms with van der Waals surface area (Å²) in [4.78, 5) is 11.1. The van der Waals surface area contributed by atoms with Crippen LogP contribution in [0.25, 0.3) is 0 Å². The van der Waals surface area contributed by atoms with E-state index in [-0.39, 0.29) is 19.5 Å². The summed E-state index contributed by atoms with van der Waals surface area (Å²) in [5, 5.41) is 2.75. The summed E-state index contributed by atoms with van der Waals surface area (Å²) in [6.07, 6.45) is -4.38. The molecule has 0 aromatic rings. The van der Waals surface area contributed by atoms with Crippen LogP contribution in [0, 0.1) is 11.8 Å². The van der Waals surface area contributed by atoms with E-state index in [9.17, 15) is 18.0 Å². The third kappa shape index (κ3) is 2.37. The van der Waals surface area contributed by atoms with Gasteiger partial charge < -0.3 is 10.1 Å². The van der Waals surface area contributed by atoms with Gasteiger partial charge in [0, 0.05) is 6.54 Å². The molecule has 1 heterocycles. The first-order valence-electron chi connectivity index (χ1n) is 4.32. The molecule has 0 radical (unpaired) electrons. The number of rotatable bonds is 1. The number of hydrogen-bond acceptors (Lipinski definition) is 3. The minimum atomic E-state index is -4.32. The highest BCUT2D eigenvalue weighted by molar-refractivity contribution is 5.73. The van der Waals surface area contributed by atoms with E-state index in [1.54, 1.807) is 0 Å². The van der Waals surface area contributed by atoms with Gasteiger partial charge in [-0.3, -0.25) is 4.79 Å². The Balaban J connectivity index is 2.74. The van der Waals surface area contributed by atoms with Crippen LogP contribution in [0.15, 0.2) is 0 Å². The number of hydrogen-bond donors (Lipinski definition) is 1. The second kappa shape index (κ2) is 4.16. The molecule has 1 fully saturated rings. The van der Waals surface area contributed by atoms with E-state index in [0.717, 1.165) is 7.11 Å². The summed E-state index contributed by atoms with van der Waals surface area (Å²) in [5.41, 5.74) is 0. The topological polar surface area (TPSA) is 38.3 Å². The SMILES string of the molecule is COC(=O)C1CNCCC1C(F)(F)F. The third-order valence-electron chi connectivity index (χ3n) is 2.41. The average Bonchev–Trinajstić information content (AvgIpc) is 2.15. The Bertz CT molecular complexity index is 217. The molecule has 0 aromatic carbocycles. The fourth-order valence-electron chi connectivity index (χ4n) is 1.65. The summed E-state index contributed by atoms with van der Waals surface area (Å²) >= 11 is 0. The van der Waals surface area contributed by atoms with E-state index >= 15 is 0 Å². The van der Waals surface area contributed by atoms with E-state index in [2.05, 4.69) is 10.1 Å². The fourth-order valence-corrected chi connectivity index (χ4v) is 1.65. The summed E-state index contributed by atoms with van der Waals surface area (Å²) < 4.78 is 41.7. The molecule has 2 unspecified atom stereocenters. The second-order valence-electron chi connectivity index (χ2n) is 3.27. The lowest BCUT2D eigenvalue weighted by molar-refractivity contribution is -0.202. The molecule has 3 nitrogen and oxygen atoms in total. The molecule has 0 spiro atoms. The molecule has 1 saturated heterocycles. The van der Waals surface area contributed by atoms with Crippen molar-refractivity contribution in [3.8, 4) is 0 Å². The number of carbonyl (C=O) groups is 1. The monoisotopic (exact) mass is 211 g/mol. The Kier molecular flexibility index (Phi) is 3.36. The molecule has 14 heavy (non-hydrogen) atoms. The van der Waals surface area contributed by atoms with Crippen molar-refractivity contribution in [3.63, 3.8) is 0 Å². The highest BCUT2D eigenvalue weighted by Crippen LogP contribution is 2.36. The summed E-state index contributed by atoms with van der Waals surface area (Å²) in [5.74, 6) is -3.47. The Morgan fingerprint density at radius 1 is 1.50 bits per heavy atom. The van der Waals surface area contributed by atoms with Crippen LogP contribution in [0.1, 0.15) is 6.42 Å². The molecule has 1 aliphatic heterocycles. The van der Waals surface area contributed by atoms with Gasteiger partial charge in [-0.2, -0.15) is 13.2 Å². The van der Waals surface area contributed by atoms with E-state index in [0.29, 0.717) is 0 Å². The van der Waals surface area contributed by atoms with Crippen LogP contribution in [0.3, 0.4) is 0 Å². The molecular formula is C8H12F3NO2. The molecule has 0 aliphatic carbocycles. The molecule has 0 saturated carbocycles. The molecule has 82 valence electrons. The van der Waals surface area contributed by atoms with E-state index < -0.39 is 24.0 Å². The van der Waals surface area contributed by atoms with Crippen LogP contribution in [0.4, 0.5) is 13.2 Å². The number of halogens is 3. The molecule has 1 N–H and O–H groups in total. The molecule has 2 atom stereocenters. The number of nitrogens with one attached hydrogen (secondary N) is 1. The van der Waals surface area contributed by atoms with Gasteiger partial charge >= 0.3 is 12.1 Å². The smallest absolute Gasteiger partial charge is 0.392 e. The largest absolute Gasteiger partial charge is 0.469 e. The van der Waals surface area contributed by atoms with Gasteiger partial charge in [0.25, 0.3) is 0 Å². The Morgan fingerprint density at radius 2 is 2.14 bits per heavy atom. The van der Waals surface area contributed by atoms with Crippen LogP contribution in [-0.2, 0) is 9.53 Å². The first-order chi connectivity index (χ1) is 6.46. The number of piperidine rings is 1. The lowest BCUT2D eigenvalue weighted by Gasteiger charge is -2.31. The van der Waals surface area contributed by atoms with Crippen molar-refractivity contribution >= 4 is 5.97 Å². The van der Waals surface area contributed by atoms with Crippen LogP contribution < -0.4 is 5.32 Å². The van der Waals surface area contributed by atoms with Crippen LogP contribution >= 0.6 is 0 Å². The fraction of sp³-hybridized carbons (Fsp3) is 0.875. The third-order valence-corrected chi connectivity index (χ3v) is 2.41. The van der Waals surface area contributed by atoms with Gasteiger partial charge in [0.05, 0.1) is 18.9 Å². The Hall–Kier alpha value is -0.780.